The number of hydrogen-bond acceptors (Lipinski definition) is 3. The van der Waals surface area contributed by atoms with Crippen LogP contribution in [0.5, 0.6) is 0 Å². The Hall–Kier alpha value is -2.28. The van der Waals surface area contributed by atoms with Gasteiger partial charge in [-0.3, -0.25) is 4.79 Å². The summed E-state index contributed by atoms with van der Waals surface area (Å²) in [6, 6.07) is 7.96. The van der Waals surface area contributed by atoms with Crippen molar-refractivity contribution in [3.63, 3.8) is 0 Å². The fraction of sp³-hybridized carbons (Fsp3) is 0.278. The Kier molecular flexibility index (Phi) is 4.60. The van der Waals surface area contributed by atoms with Crippen LogP contribution in [0.3, 0.4) is 0 Å². The molecule has 1 atom stereocenters. The molecule has 1 aliphatic heterocycles. The molecule has 1 aromatic heterocycles. The van der Waals surface area contributed by atoms with E-state index < -0.39 is 17.6 Å². The summed E-state index contributed by atoms with van der Waals surface area (Å²) in [7, 11) is 0. The predicted octanol–water partition coefficient (Wildman–Crippen LogP) is 4.86. The highest BCUT2D eigenvalue weighted by Crippen LogP contribution is 2.37. The van der Waals surface area contributed by atoms with Crippen LogP contribution in [0.2, 0.25) is 0 Å². The normalized spacial score (nSPS) is 18.3. The van der Waals surface area contributed by atoms with Gasteiger partial charge in [-0.1, -0.05) is 25.1 Å². The molecular formula is C18H16F3NO2S. The summed E-state index contributed by atoms with van der Waals surface area (Å²) in [5, 5.41) is 12.2. The monoisotopic (exact) mass is 367 g/mol. The summed E-state index contributed by atoms with van der Waals surface area (Å²) >= 11 is 1.51. The number of aliphatic hydroxyl groups is 1. The van der Waals surface area contributed by atoms with E-state index in [2.05, 4.69) is 0 Å². The summed E-state index contributed by atoms with van der Waals surface area (Å²) in [4.78, 5) is 15.0. The lowest BCUT2D eigenvalue weighted by Crippen LogP contribution is -2.34. The van der Waals surface area contributed by atoms with Gasteiger partial charge in [-0.25, -0.2) is 0 Å². The van der Waals surface area contributed by atoms with E-state index in [0.29, 0.717) is 24.1 Å². The molecule has 2 aromatic rings. The first-order valence-corrected chi connectivity index (χ1v) is 8.65. The first-order valence-electron chi connectivity index (χ1n) is 7.77. The van der Waals surface area contributed by atoms with Gasteiger partial charge in [-0.15, -0.1) is 11.3 Å². The van der Waals surface area contributed by atoms with Gasteiger partial charge in [0.15, 0.2) is 5.76 Å². The van der Waals surface area contributed by atoms with Crippen LogP contribution in [0.15, 0.2) is 47.5 Å². The zero-order valence-electron chi connectivity index (χ0n) is 13.4. The van der Waals surface area contributed by atoms with Crippen molar-refractivity contribution in [3.05, 3.63) is 63.5 Å². The molecule has 0 aliphatic carbocycles. The lowest BCUT2D eigenvalue weighted by molar-refractivity contribution is -0.137. The Morgan fingerprint density at radius 2 is 1.88 bits per heavy atom. The van der Waals surface area contributed by atoms with Gasteiger partial charge in [-0.05, 0) is 35.6 Å². The average Bonchev–Trinajstić information content (AvgIpc) is 3.16. The second-order valence-electron chi connectivity index (χ2n) is 5.77. The first-order chi connectivity index (χ1) is 11.8. The smallest absolute Gasteiger partial charge is 0.416 e. The van der Waals surface area contributed by atoms with Gasteiger partial charge in [0.05, 0.1) is 18.2 Å². The number of nitrogens with zero attached hydrogens (tertiary/aromatic N) is 1. The van der Waals surface area contributed by atoms with Crippen molar-refractivity contribution in [3.8, 4) is 0 Å². The average molecular weight is 367 g/mol. The number of carbonyl (C=O) groups is 1. The largest absolute Gasteiger partial charge is 0.503 e. The van der Waals surface area contributed by atoms with Gasteiger partial charge in [-0.2, -0.15) is 13.2 Å². The number of alkyl halides is 3. The minimum absolute atomic E-state index is 0.364. The second-order valence-corrected chi connectivity index (χ2v) is 6.81. The van der Waals surface area contributed by atoms with Gasteiger partial charge >= 0.3 is 6.18 Å². The molecule has 1 aromatic carbocycles. The van der Waals surface area contributed by atoms with Crippen LogP contribution >= 0.6 is 11.3 Å². The topological polar surface area (TPSA) is 40.5 Å². The standard InChI is InChI=1S/C18H16F3NO2S/c1-2-14-15(11-5-7-12(8-6-11)18(19,20)21)16(23)17(24)22(14)10-13-4-3-9-25-13/h3-9,14,23H,2,10H2,1H3. The summed E-state index contributed by atoms with van der Waals surface area (Å²) in [6.07, 6.45) is -3.87. The van der Waals surface area contributed by atoms with Crippen molar-refractivity contribution in [1.82, 2.24) is 4.90 Å². The highest BCUT2D eigenvalue weighted by atomic mass is 32.1. The third kappa shape index (κ3) is 3.28. The molecule has 7 heteroatoms. The molecule has 3 nitrogen and oxygen atoms in total. The van der Waals surface area contributed by atoms with Crippen LogP contribution < -0.4 is 0 Å². The van der Waals surface area contributed by atoms with Crippen LogP contribution in [0.1, 0.15) is 29.3 Å². The van der Waals surface area contributed by atoms with Gasteiger partial charge in [0.25, 0.3) is 5.91 Å². The highest BCUT2D eigenvalue weighted by Gasteiger charge is 2.39. The van der Waals surface area contributed by atoms with E-state index in [1.165, 1.54) is 23.5 Å². The highest BCUT2D eigenvalue weighted by molar-refractivity contribution is 7.09. The third-order valence-electron chi connectivity index (χ3n) is 4.24. The summed E-state index contributed by atoms with van der Waals surface area (Å²) in [5.41, 5.74) is 0.0568. The minimum atomic E-state index is -4.42. The summed E-state index contributed by atoms with van der Waals surface area (Å²) < 4.78 is 38.2. The van der Waals surface area contributed by atoms with Crippen LogP contribution in [0.25, 0.3) is 5.57 Å². The van der Waals surface area contributed by atoms with Crippen molar-refractivity contribution in [1.29, 1.82) is 0 Å². The molecule has 1 amide bonds. The van der Waals surface area contributed by atoms with Gasteiger partial charge in [0.1, 0.15) is 0 Å². The number of halogens is 3. The molecule has 0 saturated heterocycles. The van der Waals surface area contributed by atoms with Gasteiger partial charge in [0.2, 0.25) is 0 Å². The number of rotatable bonds is 4. The van der Waals surface area contributed by atoms with Crippen LogP contribution in [0, 0.1) is 0 Å². The number of benzene rings is 1. The number of aliphatic hydroxyl groups excluding tert-OH is 1. The molecule has 2 heterocycles. The lowest BCUT2D eigenvalue weighted by Gasteiger charge is -2.25. The molecule has 0 saturated carbocycles. The number of hydrogen-bond donors (Lipinski definition) is 1. The fourth-order valence-electron chi connectivity index (χ4n) is 3.05. The van der Waals surface area contributed by atoms with E-state index in [-0.39, 0.29) is 11.8 Å². The molecule has 3 rings (SSSR count). The predicted molar refractivity (Wildman–Crippen MR) is 89.9 cm³/mol. The van der Waals surface area contributed by atoms with E-state index >= 15 is 0 Å². The van der Waals surface area contributed by atoms with Crippen LogP contribution in [-0.2, 0) is 17.5 Å². The van der Waals surface area contributed by atoms with Crippen molar-refractivity contribution in [2.45, 2.75) is 32.1 Å². The summed E-state index contributed by atoms with van der Waals surface area (Å²) in [5.74, 6) is -0.877. The Morgan fingerprint density at radius 1 is 1.20 bits per heavy atom. The zero-order valence-corrected chi connectivity index (χ0v) is 14.2. The molecule has 25 heavy (non-hydrogen) atoms. The molecule has 0 bridgehead atoms. The number of amides is 1. The zero-order chi connectivity index (χ0) is 18.2. The summed E-state index contributed by atoms with van der Waals surface area (Å²) in [6.45, 7) is 2.24. The Balaban J connectivity index is 1.93. The third-order valence-corrected chi connectivity index (χ3v) is 5.11. The second kappa shape index (κ2) is 6.55. The molecule has 132 valence electrons. The quantitative estimate of drug-likeness (QED) is 0.839. The van der Waals surface area contributed by atoms with Crippen LogP contribution in [0.4, 0.5) is 13.2 Å². The number of carbonyl (C=O) groups excluding carboxylic acids is 1. The first kappa shape index (κ1) is 17.5. The van der Waals surface area contributed by atoms with Crippen molar-refractivity contribution in [2.24, 2.45) is 0 Å². The van der Waals surface area contributed by atoms with E-state index in [4.69, 9.17) is 0 Å². The van der Waals surface area contributed by atoms with E-state index in [0.717, 1.165) is 17.0 Å². The Morgan fingerprint density at radius 3 is 2.40 bits per heavy atom. The maximum atomic E-state index is 12.7. The van der Waals surface area contributed by atoms with E-state index in [9.17, 15) is 23.1 Å². The lowest BCUT2D eigenvalue weighted by atomic mass is 9.96. The Labute approximate surface area is 147 Å². The SMILES string of the molecule is CCC1C(c2ccc(C(F)(F)F)cc2)=C(O)C(=O)N1Cc1cccs1. The van der Waals surface area contributed by atoms with E-state index in [1.54, 1.807) is 4.90 Å². The van der Waals surface area contributed by atoms with Crippen LogP contribution in [-0.4, -0.2) is 22.0 Å². The van der Waals surface area contributed by atoms with Crippen molar-refractivity contribution in [2.75, 3.05) is 0 Å². The Bertz CT molecular complexity index is 795. The maximum absolute atomic E-state index is 12.7. The van der Waals surface area contributed by atoms with E-state index in [1.807, 2.05) is 24.4 Å². The fourth-order valence-corrected chi connectivity index (χ4v) is 3.75. The van der Waals surface area contributed by atoms with Crippen molar-refractivity contribution >= 4 is 22.8 Å². The molecule has 0 radical (unpaired) electrons. The van der Waals surface area contributed by atoms with Gasteiger partial charge < -0.3 is 10.0 Å². The maximum Gasteiger partial charge on any atom is 0.416 e. The minimum Gasteiger partial charge on any atom is -0.503 e. The molecule has 0 spiro atoms. The molecule has 0 fully saturated rings. The van der Waals surface area contributed by atoms with Crippen molar-refractivity contribution < 1.29 is 23.1 Å². The molecule has 1 unspecified atom stereocenters. The molecular weight excluding hydrogens is 351 g/mol. The van der Waals surface area contributed by atoms with Gasteiger partial charge in [0, 0.05) is 10.5 Å². The molecule has 1 aliphatic rings. The molecule has 1 N–H and O–H groups in total. The number of thiophene rings is 1.